The number of carbonyl (C=O) groups is 2. The highest BCUT2D eigenvalue weighted by Crippen LogP contribution is 2.25. The summed E-state index contributed by atoms with van der Waals surface area (Å²) in [6, 6.07) is 13.6. The number of amides is 2. The van der Waals surface area contributed by atoms with Crippen LogP contribution in [0.1, 0.15) is 47.3 Å². The number of nitrogens with zero attached hydrogens (tertiary/aromatic N) is 2. The third kappa shape index (κ3) is 4.41. The number of piperidine rings is 1. The molecule has 2 aromatic carbocycles. The fourth-order valence-corrected chi connectivity index (χ4v) is 3.69. The van der Waals surface area contributed by atoms with E-state index >= 15 is 0 Å². The molecule has 1 aliphatic heterocycles. The van der Waals surface area contributed by atoms with Gasteiger partial charge in [0.1, 0.15) is 5.82 Å². The lowest BCUT2D eigenvalue weighted by Crippen LogP contribution is -2.46. The molecule has 28 heavy (non-hydrogen) atoms. The molecule has 1 aliphatic rings. The van der Waals surface area contributed by atoms with Crippen LogP contribution >= 0.6 is 0 Å². The molecule has 0 unspecified atom stereocenters. The molecule has 0 radical (unpaired) electrons. The summed E-state index contributed by atoms with van der Waals surface area (Å²) < 4.78 is 13.2. The van der Waals surface area contributed by atoms with Crippen molar-refractivity contribution in [1.82, 2.24) is 9.80 Å². The van der Waals surface area contributed by atoms with Crippen LogP contribution in [0.2, 0.25) is 0 Å². The summed E-state index contributed by atoms with van der Waals surface area (Å²) in [7, 11) is 1.77. The molecule has 5 heteroatoms. The second-order valence-corrected chi connectivity index (χ2v) is 7.63. The minimum absolute atomic E-state index is 0.0215. The minimum atomic E-state index is -0.289. The van der Waals surface area contributed by atoms with E-state index < -0.39 is 0 Å². The van der Waals surface area contributed by atoms with Gasteiger partial charge in [-0.25, -0.2) is 4.39 Å². The lowest BCUT2D eigenvalue weighted by atomic mass is 9.94. The third-order valence-electron chi connectivity index (χ3n) is 5.64. The van der Waals surface area contributed by atoms with E-state index in [1.807, 2.05) is 38.1 Å². The first-order chi connectivity index (χ1) is 13.4. The number of rotatable bonds is 4. The van der Waals surface area contributed by atoms with E-state index in [0.29, 0.717) is 18.7 Å². The van der Waals surface area contributed by atoms with Crippen LogP contribution in [-0.4, -0.2) is 41.8 Å². The first-order valence-corrected chi connectivity index (χ1v) is 9.75. The molecule has 1 saturated heterocycles. The van der Waals surface area contributed by atoms with Crippen molar-refractivity contribution in [2.75, 3.05) is 20.1 Å². The lowest BCUT2D eigenvalue weighted by Gasteiger charge is -2.36. The van der Waals surface area contributed by atoms with Crippen LogP contribution in [0.3, 0.4) is 0 Å². The summed E-state index contributed by atoms with van der Waals surface area (Å²) in [5.74, 6) is -0.497. The van der Waals surface area contributed by atoms with Crippen molar-refractivity contribution >= 4 is 11.8 Å². The number of hydrogen-bond acceptors (Lipinski definition) is 2. The van der Waals surface area contributed by atoms with Crippen molar-refractivity contribution in [3.8, 4) is 0 Å². The number of halogens is 1. The maximum absolute atomic E-state index is 13.2. The average molecular weight is 382 g/mol. The molecule has 0 bridgehead atoms. The highest BCUT2D eigenvalue weighted by Gasteiger charge is 2.32. The maximum atomic E-state index is 13.2. The quantitative estimate of drug-likeness (QED) is 0.795. The Morgan fingerprint density at radius 1 is 1.11 bits per heavy atom. The van der Waals surface area contributed by atoms with Crippen LogP contribution in [-0.2, 0) is 4.79 Å². The normalized spacial score (nSPS) is 17.9. The molecule has 0 aromatic heterocycles. The van der Waals surface area contributed by atoms with Gasteiger partial charge in [-0.1, -0.05) is 29.8 Å². The van der Waals surface area contributed by atoms with Gasteiger partial charge in [0, 0.05) is 25.7 Å². The topological polar surface area (TPSA) is 40.6 Å². The first kappa shape index (κ1) is 20.1. The molecular weight excluding hydrogens is 355 g/mol. The smallest absolute Gasteiger partial charge is 0.253 e. The van der Waals surface area contributed by atoms with E-state index in [2.05, 4.69) is 0 Å². The zero-order chi connectivity index (χ0) is 20.3. The molecule has 1 fully saturated rings. The van der Waals surface area contributed by atoms with Crippen LogP contribution in [0.25, 0.3) is 0 Å². The standard InChI is InChI=1S/C23H27FN2O2/c1-16-6-8-19(9-7-16)23(28)26-14-4-5-20(15-26)22(27)25(3)17(2)18-10-12-21(24)13-11-18/h6-13,17,20H,4-5,14-15H2,1-3H3/t17-,20-/m0/s1. The Labute approximate surface area is 166 Å². The van der Waals surface area contributed by atoms with Gasteiger partial charge in [-0.3, -0.25) is 9.59 Å². The zero-order valence-corrected chi connectivity index (χ0v) is 16.7. The molecule has 0 saturated carbocycles. The van der Waals surface area contributed by atoms with E-state index in [1.165, 1.54) is 12.1 Å². The summed E-state index contributed by atoms with van der Waals surface area (Å²) >= 11 is 0. The highest BCUT2D eigenvalue weighted by atomic mass is 19.1. The van der Waals surface area contributed by atoms with Crippen LogP contribution in [0, 0.1) is 18.7 Å². The largest absolute Gasteiger partial charge is 0.339 e. The number of aryl methyl sites for hydroxylation is 1. The Morgan fingerprint density at radius 3 is 2.39 bits per heavy atom. The Kier molecular flexibility index (Phi) is 6.12. The third-order valence-corrected chi connectivity index (χ3v) is 5.64. The van der Waals surface area contributed by atoms with Crippen molar-refractivity contribution in [2.24, 2.45) is 5.92 Å². The SMILES string of the molecule is Cc1ccc(C(=O)N2CCC[C@H](C(=O)N(C)[C@@H](C)c3ccc(F)cc3)C2)cc1. The number of carbonyl (C=O) groups excluding carboxylic acids is 2. The Hall–Kier alpha value is -2.69. The lowest BCUT2D eigenvalue weighted by molar-refractivity contribution is -0.137. The van der Waals surface area contributed by atoms with Crippen LogP contribution in [0.5, 0.6) is 0 Å². The predicted molar refractivity (Wildman–Crippen MR) is 107 cm³/mol. The highest BCUT2D eigenvalue weighted by molar-refractivity contribution is 5.94. The summed E-state index contributed by atoms with van der Waals surface area (Å²) in [5.41, 5.74) is 2.66. The first-order valence-electron chi connectivity index (χ1n) is 9.75. The van der Waals surface area contributed by atoms with Gasteiger partial charge in [-0.05, 0) is 56.5 Å². The molecule has 3 rings (SSSR count). The molecule has 2 atom stereocenters. The van der Waals surface area contributed by atoms with Crippen LogP contribution < -0.4 is 0 Å². The molecular formula is C23H27FN2O2. The fraction of sp³-hybridized carbons (Fsp3) is 0.391. The van der Waals surface area contributed by atoms with E-state index in [9.17, 15) is 14.0 Å². The second kappa shape index (κ2) is 8.55. The van der Waals surface area contributed by atoms with Crippen molar-refractivity contribution in [2.45, 2.75) is 32.7 Å². The van der Waals surface area contributed by atoms with Gasteiger partial charge in [0.15, 0.2) is 0 Å². The van der Waals surface area contributed by atoms with Gasteiger partial charge < -0.3 is 9.80 Å². The summed E-state index contributed by atoms with van der Waals surface area (Å²) in [4.78, 5) is 29.3. The fourth-order valence-electron chi connectivity index (χ4n) is 3.69. The van der Waals surface area contributed by atoms with Gasteiger partial charge in [0.05, 0.1) is 12.0 Å². The maximum Gasteiger partial charge on any atom is 0.253 e. The predicted octanol–water partition coefficient (Wildman–Crippen LogP) is 4.21. The molecule has 0 N–H and O–H groups in total. The summed E-state index contributed by atoms with van der Waals surface area (Å²) in [5, 5.41) is 0. The Morgan fingerprint density at radius 2 is 1.75 bits per heavy atom. The monoisotopic (exact) mass is 382 g/mol. The Balaban J connectivity index is 1.67. The molecule has 2 aromatic rings. The molecule has 0 aliphatic carbocycles. The molecule has 4 nitrogen and oxygen atoms in total. The molecule has 0 spiro atoms. The van der Waals surface area contributed by atoms with Gasteiger partial charge in [-0.2, -0.15) is 0 Å². The summed E-state index contributed by atoms with van der Waals surface area (Å²) in [6.45, 7) is 5.03. The van der Waals surface area contributed by atoms with Crippen molar-refractivity contribution < 1.29 is 14.0 Å². The molecule has 2 amide bonds. The van der Waals surface area contributed by atoms with Crippen LogP contribution in [0.15, 0.2) is 48.5 Å². The number of likely N-dealkylation sites (tertiary alicyclic amines) is 1. The van der Waals surface area contributed by atoms with Crippen LogP contribution in [0.4, 0.5) is 4.39 Å². The minimum Gasteiger partial charge on any atom is -0.339 e. The van der Waals surface area contributed by atoms with Gasteiger partial charge in [-0.15, -0.1) is 0 Å². The molecule has 148 valence electrons. The average Bonchev–Trinajstić information content (AvgIpc) is 2.73. The second-order valence-electron chi connectivity index (χ2n) is 7.63. The van der Waals surface area contributed by atoms with Gasteiger partial charge in [0.2, 0.25) is 5.91 Å². The summed E-state index contributed by atoms with van der Waals surface area (Å²) in [6.07, 6.45) is 1.59. The van der Waals surface area contributed by atoms with E-state index in [4.69, 9.17) is 0 Å². The molecule has 1 heterocycles. The van der Waals surface area contributed by atoms with Crippen molar-refractivity contribution in [1.29, 1.82) is 0 Å². The van der Waals surface area contributed by atoms with Gasteiger partial charge in [0.25, 0.3) is 5.91 Å². The van der Waals surface area contributed by atoms with Crippen molar-refractivity contribution in [3.63, 3.8) is 0 Å². The Bertz CT molecular complexity index is 833. The number of hydrogen-bond donors (Lipinski definition) is 0. The van der Waals surface area contributed by atoms with Crippen molar-refractivity contribution in [3.05, 3.63) is 71.0 Å². The van der Waals surface area contributed by atoms with E-state index in [1.54, 1.807) is 29.0 Å². The van der Waals surface area contributed by atoms with Gasteiger partial charge >= 0.3 is 0 Å². The number of benzene rings is 2. The zero-order valence-electron chi connectivity index (χ0n) is 16.7. The van der Waals surface area contributed by atoms with E-state index in [0.717, 1.165) is 24.0 Å². The van der Waals surface area contributed by atoms with E-state index in [-0.39, 0.29) is 29.6 Å².